The summed E-state index contributed by atoms with van der Waals surface area (Å²) in [6, 6.07) is 7.64. The van der Waals surface area contributed by atoms with Crippen LogP contribution in [0.25, 0.3) is 0 Å². The van der Waals surface area contributed by atoms with Crippen molar-refractivity contribution in [1.29, 1.82) is 0 Å². The largest absolute Gasteiger partial charge is 0.497 e. The lowest BCUT2D eigenvalue weighted by Crippen LogP contribution is -2.41. The minimum atomic E-state index is -0.166. The smallest absolute Gasteiger partial charge is 0.319 e. The highest BCUT2D eigenvalue weighted by atomic mass is 16.5. The highest BCUT2D eigenvalue weighted by molar-refractivity contribution is 5.89. The summed E-state index contributed by atoms with van der Waals surface area (Å²) in [5, 5.41) is 5.77. The van der Waals surface area contributed by atoms with Crippen molar-refractivity contribution in [1.82, 2.24) is 10.2 Å². The molecule has 1 atom stereocenters. The maximum absolute atomic E-state index is 11.9. The first-order valence-electron chi connectivity index (χ1n) is 7.16. The Morgan fingerprint density at radius 3 is 3.10 bits per heavy atom. The number of urea groups is 1. The quantitative estimate of drug-likeness (QED) is 0.868. The maximum atomic E-state index is 11.9. The average Bonchev–Trinajstić information content (AvgIpc) is 2.93. The van der Waals surface area contributed by atoms with Gasteiger partial charge in [-0.05, 0) is 38.1 Å². The fourth-order valence-electron chi connectivity index (χ4n) is 2.63. The summed E-state index contributed by atoms with van der Waals surface area (Å²) in [4.78, 5) is 14.3. The van der Waals surface area contributed by atoms with Crippen molar-refractivity contribution < 1.29 is 9.53 Å². The number of carbonyl (C=O) groups excluding carboxylic acids is 1. The molecule has 2 amide bonds. The van der Waals surface area contributed by atoms with E-state index in [1.54, 1.807) is 13.2 Å². The fraction of sp³-hybridized carbons (Fsp3) is 0.533. The number of rotatable bonds is 5. The van der Waals surface area contributed by atoms with Gasteiger partial charge in [0.25, 0.3) is 0 Å². The van der Waals surface area contributed by atoms with E-state index in [1.165, 1.54) is 6.42 Å². The lowest BCUT2D eigenvalue weighted by atomic mass is 10.2. The second-order valence-corrected chi connectivity index (χ2v) is 4.99. The van der Waals surface area contributed by atoms with Gasteiger partial charge in [0.15, 0.2) is 0 Å². The van der Waals surface area contributed by atoms with E-state index < -0.39 is 0 Å². The molecule has 5 nitrogen and oxygen atoms in total. The molecule has 0 spiro atoms. The molecule has 1 heterocycles. The third-order valence-electron chi connectivity index (χ3n) is 3.73. The van der Waals surface area contributed by atoms with E-state index in [0.29, 0.717) is 12.6 Å². The van der Waals surface area contributed by atoms with Gasteiger partial charge in [0.1, 0.15) is 5.75 Å². The maximum Gasteiger partial charge on any atom is 0.319 e. The summed E-state index contributed by atoms with van der Waals surface area (Å²) in [6.07, 6.45) is 2.38. The molecule has 2 N–H and O–H groups in total. The van der Waals surface area contributed by atoms with Gasteiger partial charge in [-0.1, -0.05) is 13.0 Å². The Bertz CT molecular complexity index is 450. The van der Waals surface area contributed by atoms with Crippen LogP contribution in [-0.2, 0) is 0 Å². The summed E-state index contributed by atoms with van der Waals surface area (Å²) in [7, 11) is 1.61. The molecule has 0 saturated carbocycles. The second kappa shape index (κ2) is 7.14. The number of likely N-dealkylation sites (N-methyl/N-ethyl adjacent to an activating group) is 1. The molecular weight excluding hydrogens is 254 g/mol. The number of amides is 2. The molecule has 0 aromatic heterocycles. The molecule has 20 heavy (non-hydrogen) atoms. The zero-order valence-corrected chi connectivity index (χ0v) is 12.2. The van der Waals surface area contributed by atoms with E-state index in [1.807, 2.05) is 18.2 Å². The predicted molar refractivity (Wildman–Crippen MR) is 80.3 cm³/mol. The molecule has 0 radical (unpaired) electrons. The molecule has 1 fully saturated rings. The normalized spacial score (nSPS) is 18.8. The monoisotopic (exact) mass is 277 g/mol. The number of hydrogen-bond acceptors (Lipinski definition) is 3. The van der Waals surface area contributed by atoms with Crippen molar-refractivity contribution >= 4 is 11.7 Å². The Labute approximate surface area is 120 Å². The molecule has 110 valence electrons. The summed E-state index contributed by atoms with van der Waals surface area (Å²) in [5.74, 6) is 0.732. The van der Waals surface area contributed by atoms with Crippen molar-refractivity contribution in [3.05, 3.63) is 24.3 Å². The molecular formula is C15H23N3O2. The molecule has 0 bridgehead atoms. The standard InChI is InChI=1S/C15H23N3O2/c1-3-18-9-5-7-13(18)11-16-15(19)17-12-6-4-8-14(10-12)20-2/h4,6,8,10,13H,3,5,7,9,11H2,1-2H3,(H2,16,17,19). The minimum Gasteiger partial charge on any atom is -0.497 e. The fourth-order valence-corrected chi connectivity index (χ4v) is 2.63. The minimum absolute atomic E-state index is 0.166. The molecule has 1 aromatic rings. The molecule has 5 heteroatoms. The van der Waals surface area contributed by atoms with Gasteiger partial charge in [-0.15, -0.1) is 0 Å². The van der Waals surface area contributed by atoms with Gasteiger partial charge in [0, 0.05) is 24.3 Å². The van der Waals surface area contributed by atoms with Crippen LogP contribution in [0.5, 0.6) is 5.75 Å². The van der Waals surface area contributed by atoms with Crippen LogP contribution in [0.2, 0.25) is 0 Å². The number of methoxy groups -OCH3 is 1. The van der Waals surface area contributed by atoms with Gasteiger partial charge in [0.05, 0.1) is 7.11 Å². The van der Waals surface area contributed by atoms with Gasteiger partial charge < -0.3 is 15.4 Å². The molecule has 2 rings (SSSR count). The van der Waals surface area contributed by atoms with Crippen LogP contribution >= 0.6 is 0 Å². The number of benzene rings is 1. The van der Waals surface area contributed by atoms with Crippen LogP contribution in [0.1, 0.15) is 19.8 Å². The zero-order chi connectivity index (χ0) is 14.4. The van der Waals surface area contributed by atoms with E-state index in [0.717, 1.165) is 30.9 Å². The van der Waals surface area contributed by atoms with E-state index in [2.05, 4.69) is 22.5 Å². The number of nitrogens with one attached hydrogen (secondary N) is 2. The molecule has 1 saturated heterocycles. The van der Waals surface area contributed by atoms with E-state index in [4.69, 9.17) is 4.74 Å². The Morgan fingerprint density at radius 2 is 2.35 bits per heavy atom. The lowest BCUT2D eigenvalue weighted by Gasteiger charge is -2.22. The van der Waals surface area contributed by atoms with Crippen molar-refractivity contribution in [2.24, 2.45) is 0 Å². The number of ether oxygens (including phenoxy) is 1. The van der Waals surface area contributed by atoms with E-state index >= 15 is 0 Å². The first kappa shape index (κ1) is 14.7. The van der Waals surface area contributed by atoms with Crippen molar-refractivity contribution in [3.8, 4) is 5.75 Å². The Hall–Kier alpha value is -1.75. The molecule has 1 aromatic carbocycles. The number of nitrogens with zero attached hydrogens (tertiary/aromatic N) is 1. The molecule has 1 unspecified atom stereocenters. The number of anilines is 1. The Morgan fingerprint density at radius 1 is 1.50 bits per heavy atom. The lowest BCUT2D eigenvalue weighted by molar-refractivity contribution is 0.238. The van der Waals surface area contributed by atoms with Crippen LogP contribution in [0.3, 0.4) is 0 Å². The third-order valence-corrected chi connectivity index (χ3v) is 3.73. The highest BCUT2D eigenvalue weighted by Crippen LogP contribution is 2.17. The van der Waals surface area contributed by atoms with Gasteiger partial charge >= 0.3 is 6.03 Å². The molecule has 1 aliphatic heterocycles. The first-order valence-corrected chi connectivity index (χ1v) is 7.16. The van der Waals surface area contributed by atoms with Gasteiger partial charge in [-0.2, -0.15) is 0 Å². The molecule has 0 aliphatic carbocycles. The number of carbonyl (C=O) groups is 1. The van der Waals surface area contributed by atoms with Crippen molar-refractivity contribution in [2.75, 3.05) is 32.1 Å². The van der Waals surface area contributed by atoms with Crippen LogP contribution in [-0.4, -0.2) is 43.7 Å². The van der Waals surface area contributed by atoms with Crippen LogP contribution < -0.4 is 15.4 Å². The Balaban J connectivity index is 1.80. The van der Waals surface area contributed by atoms with E-state index in [9.17, 15) is 4.79 Å². The highest BCUT2D eigenvalue weighted by Gasteiger charge is 2.22. The first-order chi connectivity index (χ1) is 9.72. The van der Waals surface area contributed by atoms with Gasteiger partial charge in [-0.25, -0.2) is 4.79 Å². The van der Waals surface area contributed by atoms with Crippen LogP contribution in [0.4, 0.5) is 10.5 Å². The SMILES string of the molecule is CCN1CCCC1CNC(=O)Nc1cccc(OC)c1. The van der Waals surface area contributed by atoms with Crippen LogP contribution in [0, 0.1) is 0 Å². The van der Waals surface area contributed by atoms with Gasteiger partial charge in [-0.3, -0.25) is 4.90 Å². The predicted octanol–water partition coefficient (Wildman–Crippen LogP) is 2.30. The third kappa shape index (κ3) is 3.87. The van der Waals surface area contributed by atoms with Crippen LogP contribution in [0.15, 0.2) is 24.3 Å². The average molecular weight is 277 g/mol. The Kier molecular flexibility index (Phi) is 5.24. The summed E-state index contributed by atoms with van der Waals surface area (Å²) in [6.45, 7) is 5.04. The number of likely N-dealkylation sites (tertiary alicyclic amines) is 1. The summed E-state index contributed by atoms with van der Waals surface area (Å²) >= 11 is 0. The second-order valence-electron chi connectivity index (χ2n) is 4.99. The van der Waals surface area contributed by atoms with Gasteiger partial charge in [0.2, 0.25) is 0 Å². The van der Waals surface area contributed by atoms with E-state index in [-0.39, 0.29) is 6.03 Å². The topological polar surface area (TPSA) is 53.6 Å². The zero-order valence-electron chi connectivity index (χ0n) is 12.2. The van der Waals surface area contributed by atoms with Crippen molar-refractivity contribution in [3.63, 3.8) is 0 Å². The number of hydrogen-bond donors (Lipinski definition) is 2. The van der Waals surface area contributed by atoms with Crippen molar-refractivity contribution in [2.45, 2.75) is 25.8 Å². The summed E-state index contributed by atoms with van der Waals surface area (Å²) < 4.78 is 5.13. The summed E-state index contributed by atoms with van der Waals surface area (Å²) in [5.41, 5.74) is 0.737. The molecule has 1 aliphatic rings.